The van der Waals surface area contributed by atoms with E-state index >= 15 is 0 Å². The Balaban J connectivity index is -0.000000108. The van der Waals surface area contributed by atoms with Crippen molar-refractivity contribution in [2.24, 2.45) is 0 Å². The van der Waals surface area contributed by atoms with Gasteiger partial charge in [-0.3, -0.25) is 14.7 Å². The molecule has 0 aliphatic heterocycles. The Morgan fingerprint density at radius 3 is 1.78 bits per heavy atom. The predicted octanol–water partition coefficient (Wildman–Crippen LogP) is -8.82. The van der Waals surface area contributed by atoms with Gasteiger partial charge in [0.05, 0.1) is 18.6 Å². The van der Waals surface area contributed by atoms with E-state index in [-0.39, 0.29) is 103 Å². The van der Waals surface area contributed by atoms with E-state index < -0.39 is 34.0 Å². The normalized spacial score (nSPS) is 9.72. The molecule has 0 unspecified atom stereocenters. The van der Waals surface area contributed by atoms with Crippen molar-refractivity contribution in [1.29, 1.82) is 5.26 Å². The van der Waals surface area contributed by atoms with Gasteiger partial charge in [0.1, 0.15) is 0 Å². The molecule has 0 spiro atoms. The van der Waals surface area contributed by atoms with Crippen molar-refractivity contribution >= 4 is 21.2 Å². The number of hydrogen-bond donors (Lipinski definition) is 4. The fourth-order valence-corrected chi connectivity index (χ4v) is 0.712. The van der Waals surface area contributed by atoms with E-state index in [9.17, 15) is 9.36 Å². The summed E-state index contributed by atoms with van der Waals surface area (Å²) in [7, 11) is -8.94. The van der Waals surface area contributed by atoms with Gasteiger partial charge in [-0.1, -0.05) is 0 Å². The Labute approximate surface area is 188 Å². The number of rotatable bonds is 4. The van der Waals surface area contributed by atoms with Crippen molar-refractivity contribution in [2.75, 3.05) is 12.8 Å². The molecule has 4 N–H and O–H groups in total. The molecule has 0 bridgehead atoms. The number of hydrogen-bond acceptors (Lipinski definition) is 7. The predicted molar refractivity (Wildman–Crippen MR) is 45.8 cm³/mol. The van der Waals surface area contributed by atoms with Crippen LogP contribution >= 0.6 is 15.2 Å². The number of nitriles is 1. The molecule has 0 amide bonds. The van der Waals surface area contributed by atoms with Crippen molar-refractivity contribution < 1.29 is 141 Å². The van der Waals surface area contributed by atoms with Crippen LogP contribution in [-0.2, 0) is 13.9 Å². The molecule has 0 aromatic rings. The zero-order valence-electron chi connectivity index (χ0n) is 9.64. The van der Waals surface area contributed by atoms with Gasteiger partial charge in [0, 0.05) is 7.60 Å². The third-order valence-corrected chi connectivity index (χ3v) is 1.60. The Morgan fingerprint density at radius 1 is 1.28 bits per heavy atom. The van der Waals surface area contributed by atoms with Gasteiger partial charge in [-0.25, -0.2) is 0 Å². The van der Waals surface area contributed by atoms with Gasteiger partial charge >= 0.3 is 116 Å². The van der Waals surface area contributed by atoms with Crippen LogP contribution in [0.15, 0.2) is 0 Å². The molecule has 0 aliphatic rings. The maximum Gasteiger partial charge on any atom is 1.00 e. The molecule has 0 aromatic heterocycles. The van der Waals surface area contributed by atoms with E-state index in [1.165, 1.54) is 0 Å². The fourth-order valence-electron chi connectivity index (χ4n) is 0.308. The monoisotopic (exact) mass is 352 g/mol. The minimum atomic E-state index is -4.84. The molecule has 94 valence electrons. The molecule has 0 heterocycles. The number of carboxylic acid groups (broad SMARTS) is 1. The molecular formula is C4H8K2N2O8P2. The SMILES string of the molecule is N#CP(=O)([O-])[O-].O=C(O)CNCP(=O)(O)O.[K+].[K+]. The van der Waals surface area contributed by atoms with Crippen LogP contribution < -0.4 is 118 Å². The summed E-state index contributed by atoms with van der Waals surface area (Å²) >= 11 is 0. The zero-order chi connectivity index (χ0) is 13.4. The summed E-state index contributed by atoms with van der Waals surface area (Å²) in [6, 6.07) is 0. The van der Waals surface area contributed by atoms with Crippen LogP contribution in [0.5, 0.6) is 0 Å². The third-order valence-electron chi connectivity index (χ3n) is 0.716. The molecule has 14 heteroatoms. The number of aliphatic carboxylic acids is 1. The summed E-state index contributed by atoms with van der Waals surface area (Å²) in [6.45, 7) is -0.439. The van der Waals surface area contributed by atoms with Gasteiger partial charge in [0.15, 0.2) is 0 Å². The molecule has 0 saturated carbocycles. The summed E-state index contributed by atoms with van der Waals surface area (Å²) in [6.07, 6.45) is -0.598. The van der Waals surface area contributed by atoms with Crippen molar-refractivity contribution in [1.82, 2.24) is 5.32 Å². The summed E-state index contributed by atoms with van der Waals surface area (Å²) in [5.41, 5.74) is 0. The quantitative estimate of drug-likeness (QED) is 0.279. The van der Waals surface area contributed by atoms with E-state index in [0.29, 0.717) is 5.81 Å². The van der Waals surface area contributed by atoms with Crippen LogP contribution in [0.1, 0.15) is 0 Å². The molecular weight excluding hydrogens is 344 g/mol. The zero-order valence-corrected chi connectivity index (χ0v) is 17.7. The minimum absolute atomic E-state index is 0. The first-order valence-corrected chi connectivity index (χ1v) is 6.72. The molecule has 0 fully saturated rings. The maximum absolute atomic E-state index is 10.1. The molecule has 0 aromatic carbocycles. The minimum Gasteiger partial charge on any atom is -0.800 e. The van der Waals surface area contributed by atoms with Crippen molar-refractivity contribution in [3.63, 3.8) is 0 Å². The summed E-state index contributed by atoms with van der Waals surface area (Å²) in [4.78, 5) is 44.4. The smallest absolute Gasteiger partial charge is 0.800 e. The van der Waals surface area contributed by atoms with E-state index in [1.54, 1.807) is 0 Å². The second kappa shape index (κ2) is 14.4. The Hall–Kier alpha value is 2.49. The van der Waals surface area contributed by atoms with Gasteiger partial charge in [0.25, 0.3) is 0 Å². The Bertz CT molecular complexity index is 359. The second-order valence-corrected chi connectivity index (χ2v) is 5.08. The topological polar surface area (TPSA) is 194 Å². The fraction of sp³-hybridized carbons (Fsp3) is 0.500. The standard InChI is InChI=1S/C3H8NO5P.CH2NO3P.2K/c5-3(6)1-4-2-10(7,8)9;2-1-6(3,4)5;;/h4H,1-2H2,(H,5,6)(H2,7,8,9);(H2,3,4,5);;/q;;2*+1/p-2. The van der Waals surface area contributed by atoms with E-state index in [0.717, 1.165) is 0 Å². The average molecular weight is 352 g/mol. The third kappa shape index (κ3) is 36.3. The summed E-state index contributed by atoms with van der Waals surface area (Å²) < 4.78 is 19.2. The number of nitrogens with zero attached hydrogens (tertiary/aromatic N) is 1. The van der Waals surface area contributed by atoms with Crippen molar-refractivity contribution in [2.45, 2.75) is 0 Å². The van der Waals surface area contributed by atoms with Gasteiger partial charge in [-0.2, -0.15) is 5.26 Å². The second-order valence-electron chi connectivity index (χ2n) is 2.24. The Morgan fingerprint density at radius 2 is 1.61 bits per heavy atom. The molecule has 10 nitrogen and oxygen atoms in total. The van der Waals surface area contributed by atoms with Crippen LogP contribution in [0.25, 0.3) is 0 Å². The first kappa shape index (κ1) is 28.6. The first-order chi connectivity index (χ1) is 6.98. The Kier molecular flexibility index (Phi) is 22.9. The van der Waals surface area contributed by atoms with Gasteiger partial charge < -0.3 is 29.2 Å². The first-order valence-electron chi connectivity index (χ1n) is 3.38. The van der Waals surface area contributed by atoms with Crippen LogP contribution in [0.4, 0.5) is 0 Å². The van der Waals surface area contributed by atoms with E-state index in [2.05, 4.69) is 5.32 Å². The number of carbonyl (C=O) groups is 1. The van der Waals surface area contributed by atoms with Crippen LogP contribution in [0.3, 0.4) is 0 Å². The molecule has 0 radical (unpaired) electrons. The maximum atomic E-state index is 10.1. The summed E-state index contributed by atoms with van der Waals surface area (Å²) in [5, 5.41) is 17.3. The van der Waals surface area contributed by atoms with E-state index in [4.69, 9.17) is 34.5 Å². The molecule has 0 atom stereocenters. The van der Waals surface area contributed by atoms with Crippen LogP contribution in [0, 0.1) is 11.1 Å². The average Bonchev–Trinajstić information content (AvgIpc) is 2.00. The number of nitrogens with one attached hydrogen (secondary N) is 1. The van der Waals surface area contributed by atoms with Crippen molar-refractivity contribution in [3.05, 3.63) is 0 Å². The van der Waals surface area contributed by atoms with Gasteiger partial charge in [-0.15, -0.1) is 0 Å². The molecule has 0 saturated heterocycles. The molecule has 18 heavy (non-hydrogen) atoms. The van der Waals surface area contributed by atoms with Gasteiger partial charge in [0.2, 0.25) is 0 Å². The largest absolute Gasteiger partial charge is 1.00 e. The summed E-state index contributed by atoms with van der Waals surface area (Å²) in [5.74, 6) is -0.596. The number of carboxylic acids is 1. The molecule has 0 rings (SSSR count). The molecule has 0 aliphatic carbocycles. The van der Waals surface area contributed by atoms with Crippen LogP contribution in [-0.4, -0.2) is 33.7 Å². The van der Waals surface area contributed by atoms with E-state index in [1.807, 2.05) is 0 Å². The van der Waals surface area contributed by atoms with Crippen LogP contribution in [0.2, 0.25) is 0 Å². The van der Waals surface area contributed by atoms with Crippen molar-refractivity contribution in [3.8, 4) is 5.81 Å². The van der Waals surface area contributed by atoms with Gasteiger partial charge in [-0.05, 0) is 0 Å².